The van der Waals surface area contributed by atoms with E-state index in [-0.39, 0.29) is 22.6 Å². The third kappa shape index (κ3) is 4.76. The lowest BCUT2D eigenvalue weighted by Gasteiger charge is -2.14. The van der Waals surface area contributed by atoms with Crippen LogP contribution in [0.5, 0.6) is 0 Å². The van der Waals surface area contributed by atoms with Gasteiger partial charge in [-0.2, -0.15) is 18.3 Å². The van der Waals surface area contributed by atoms with Crippen molar-refractivity contribution in [1.82, 2.24) is 19.2 Å². The first-order valence-corrected chi connectivity index (χ1v) is 11.5. The van der Waals surface area contributed by atoms with E-state index in [2.05, 4.69) is 15.4 Å². The zero-order chi connectivity index (χ0) is 27.0. The number of carbonyl (C=O) groups excluding carboxylic acids is 1. The predicted octanol–water partition coefficient (Wildman–Crippen LogP) is 4.70. The number of halogens is 3. The van der Waals surface area contributed by atoms with Gasteiger partial charge in [0, 0.05) is 36.1 Å². The molecular formula is C27H22F3N5O3. The summed E-state index contributed by atoms with van der Waals surface area (Å²) in [6.45, 7) is -0.505. The van der Waals surface area contributed by atoms with Crippen molar-refractivity contribution in [3.05, 3.63) is 95.8 Å². The van der Waals surface area contributed by atoms with Crippen molar-refractivity contribution in [3.8, 4) is 22.5 Å². The molecule has 0 aliphatic heterocycles. The molecule has 0 aliphatic carbocycles. The van der Waals surface area contributed by atoms with E-state index in [1.807, 2.05) is 6.07 Å². The van der Waals surface area contributed by atoms with Gasteiger partial charge in [-0.3, -0.25) is 13.9 Å². The number of aryl methyl sites for hydroxylation is 1. The molecule has 5 aromatic rings. The molecule has 1 amide bonds. The Hall–Kier alpha value is -4.48. The summed E-state index contributed by atoms with van der Waals surface area (Å²) >= 11 is 0. The van der Waals surface area contributed by atoms with Gasteiger partial charge in [-0.1, -0.05) is 36.4 Å². The third-order valence-electron chi connectivity index (χ3n) is 6.05. The fourth-order valence-corrected chi connectivity index (χ4v) is 4.16. The number of pyridine rings is 1. The van der Waals surface area contributed by atoms with Crippen LogP contribution in [0, 0.1) is 0 Å². The highest BCUT2D eigenvalue weighted by Gasteiger charge is 2.34. The Labute approximate surface area is 214 Å². The Kier molecular flexibility index (Phi) is 6.47. The number of aliphatic hydroxyl groups is 2. The van der Waals surface area contributed by atoms with Crippen LogP contribution in [0.2, 0.25) is 0 Å². The molecule has 2 aromatic carbocycles. The Balaban J connectivity index is 1.61. The van der Waals surface area contributed by atoms with E-state index < -0.39 is 30.4 Å². The number of alkyl halides is 3. The van der Waals surface area contributed by atoms with Gasteiger partial charge in [-0.15, -0.1) is 0 Å². The first-order chi connectivity index (χ1) is 18.2. The lowest BCUT2D eigenvalue weighted by molar-refractivity contribution is -0.137. The van der Waals surface area contributed by atoms with E-state index >= 15 is 0 Å². The molecule has 194 valence electrons. The quantitative estimate of drug-likeness (QED) is 0.301. The van der Waals surface area contributed by atoms with Crippen molar-refractivity contribution in [2.75, 3.05) is 11.9 Å². The van der Waals surface area contributed by atoms with Gasteiger partial charge in [0.1, 0.15) is 23.3 Å². The molecule has 0 fully saturated rings. The fourth-order valence-electron chi connectivity index (χ4n) is 4.16. The average Bonchev–Trinajstić information content (AvgIpc) is 3.51. The van der Waals surface area contributed by atoms with Gasteiger partial charge < -0.3 is 15.5 Å². The average molecular weight is 521 g/mol. The van der Waals surface area contributed by atoms with E-state index in [1.54, 1.807) is 47.8 Å². The van der Waals surface area contributed by atoms with E-state index in [0.717, 1.165) is 18.2 Å². The predicted molar refractivity (Wildman–Crippen MR) is 134 cm³/mol. The molecule has 3 N–H and O–H groups in total. The zero-order valence-electron chi connectivity index (χ0n) is 20.0. The van der Waals surface area contributed by atoms with Crippen molar-refractivity contribution in [3.63, 3.8) is 0 Å². The number of anilines is 1. The number of aliphatic hydroxyl groups excluding tert-OH is 2. The minimum Gasteiger partial charge on any atom is -0.393 e. The summed E-state index contributed by atoms with van der Waals surface area (Å²) in [4.78, 5) is 18.0. The summed E-state index contributed by atoms with van der Waals surface area (Å²) in [5, 5.41) is 26.4. The first kappa shape index (κ1) is 25.2. The number of aromatic nitrogens is 4. The molecule has 0 unspecified atom stereocenters. The summed E-state index contributed by atoms with van der Waals surface area (Å²) in [6.07, 6.45) is -2.74. The van der Waals surface area contributed by atoms with Gasteiger partial charge in [0.2, 0.25) is 0 Å². The number of amides is 1. The molecule has 3 heterocycles. The molecule has 0 bridgehead atoms. The smallest absolute Gasteiger partial charge is 0.393 e. The van der Waals surface area contributed by atoms with Crippen LogP contribution in [0.25, 0.3) is 28.2 Å². The van der Waals surface area contributed by atoms with Gasteiger partial charge in [0.15, 0.2) is 0 Å². The van der Waals surface area contributed by atoms with E-state index in [1.165, 1.54) is 23.1 Å². The normalized spacial score (nSPS) is 12.6. The Morgan fingerprint density at radius 1 is 1.08 bits per heavy atom. The molecule has 5 rings (SSSR count). The number of hydrogen-bond acceptors (Lipinski definition) is 5. The van der Waals surface area contributed by atoms with E-state index in [4.69, 9.17) is 0 Å². The standard InChI is InChI=1S/C27H22F3N5O3/c1-34-12-11-21(33-34)19-13-17(7-9-20(19)27(28,29)30)26(38)32-25-24(16-5-3-2-4-6-16)31-23-10-8-18(14-35(23)25)22(37)15-36/h2-14,22,36-37H,15H2,1H3,(H,32,38)/t22-/m1/s1. The van der Waals surface area contributed by atoms with Crippen LogP contribution in [0.1, 0.15) is 27.6 Å². The fraction of sp³-hybridized carbons (Fsp3) is 0.148. The summed E-state index contributed by atoms with van der Waals surface area (Å²) in [6, 6.07) is 16.9. The highest BCUT2D eigenvalue weighted by atomic mass is 19.4. The van der Waals surface area contributed by atoms with Crippen LogP contribution in [0.4, 0.5) is 19.0 Å². The second-order valence-corrected chi connectivity index (χ2v) is 8.65. The van der Waals surface area contributed by atoms with Crippen LogP contribution in [0.15, 0.2) is 79.1 Å². The lowest BCUT2D eigenvalue weighted by atomic mass is 10.0. The van der Waals surface area contributed by atoms with Crippen LogP contribution in [0.3, 0.4) is 0 Å². The number of nitrogens with one attached hydrogen (secondary N) is 1. The molecule has 0 aliphatic rings. The number of benzene rings is 2. The SMILES string of the molecule is Cn1ccc(-c2cc(C(=O)Nc3c(-c4ccccc4)nc4ccc([C@H](O)CO)cn34)ccc2C(F)(F)F)n1. The molecule has 11 heteroatoms. The maximum absolute atomic E-state index is 13.7. The van der Waals surface area contributed by atoms with Crippen molar-refractivity contribution >= 4 is 17.4 Å². The lowest BCUT2D eigenvalue weighted by Crippen LogP contribution is -2.16. The molecule has 38 heavy (non-hydrogen) atoms. The molecule has 0 saturated heterocycles. The monoisotopic (exact) mass is 521 g/mol. The number of fused-ring (bicyclic) bond motifs is 1. The minimum atomic E-state index is -4.64. The van der Waals surface area contributed by atoms with Gasteiger partial charge in [-0.05, 0) is 35.9 Å². The van der Waals surface area contributed by atoms with Crippen LogP contribution in [-0.2, 0) is 13.2 Å². The van der Waals surface area contributed by atoms with Gasteiger partial charge in [0.25, 0.3) is 5.91 Å². The number of carbonyl (C=O) groups is 1. The summed E-state index contributed by atoms with van der Waals surface area (Å²) in [5.74, 6) is -0.412. The second-order valence-electron chi connectivity index (χ2n) is 8.65. The second kappa shape index (κ2) is 9.77. The molecule has 8 nitrogen and oxygen atoms in total. The van der Waals surface area contributed by atoms with E-state index in [0.29, 0.717) is 22.5 Å². The van der Waals surface area contributed by atoms with Gasteiger partial charge >= 0.3 is 6.18 Å². The number of hydrogen-bond donors (Lipinski definition) is 3. The minimum absolute atomic E-state index is 0.0147. The zero-order valence-corrected chi connectivity index (χ0v) is 20.0. The first-order valence-electron chi connectivity index (χ1n) is 11.5. The van der Waals surface area contributed by atoms with Crippen LogP contribution < -0.4 is 5.32 Å². The summed E-state index contributed by atoms with van der Waals surface area (Å²) in [5.41, 5.74) is 0.893. The van der Waals surface area contributed by atoms with Crippen molar-refractivity contribution in [2.24, 2.45) is 7.05 Å². The highest BCUT2D eigenvalue weighted by Crippen LogP contribution is 2.37. The maximum Gasteiger partial charge on any atom is 0.417 e. The topological polar surface area (TPSA) is 105 Å². The van der Waals surface area contributed by atoms with Crippen LogP contribution >= 0.6 is 0 Å². The molecule has 0 radical (unpaired) electrons. The van der Waals surface area contributed by atoms with Crippen molar-refractivity contribution in [2.45, 2.75) is 12.3 Å². The number of imidazole rings is 1. The Morgan fingerprint density at radius 2 is 1.84 bits per heavy atom. The maximum atomic E-state index is 13.7. The molecule has 0 saturated carbocycles. The van der Waals surface area contributed by atoms with Gasteiger partial charge in [0.05, 0.1) is 17.9 Å². The Morgan fingerprint density at radius 3 is 2.50 bits per heavy atom. The van der Waals surface area contributed by atoms with Crippen LogP contribution in [-0.4, -0.2) is 41.9 Å². The summed E-state index contributed by atoms with van der Waals surface area (Å²) in [7, 11) is 1.59. The molecule has 0 spiro atoms. The van der Waals surface area contributed by atoms with Crippen molar-refractivity contribution < 1.29 is 28.2 Å². The highest BCUT2D eigenvalue weighted by molar-refractivity contribution is 6.06. The third-order valence-corrected chi connectivity index (χ3v) is 6.05. The molecular weight excluding hydrogens is 499 g/mol. The largest absolute Gasteiger partial charge is 0.417 e. The molecule has 3 aromatic heterocycles. The van der Waals surface area contributed by atoms with Crippen molar-refractivity contribution in [1.29, 1.82) is 0 Å². The van der Waals surface area contributed by atoms with E-state index in [9.17, 15) is 28.2 Å². The summed E-state index contributed by atoms with van der Waals surface area (Å²) < 4.78 is 44.2. The number of rotatable bonds is 6. The van der Waals surface area contributed by atoms with Gasteiger partial charge in [-0.25, -0.2) is 4.98 Å². The molecule has 1 atom stereocenters. The Bertz CT molecular complexity index is 1630. The number of nitrogens with zero attached hydrogens (tertiary/aromatic N) is 4.